The van der Waals surface area contributed by atoms with Crippen LogP contribution in [0.4, 0.5) is 0 Å². The van der Waals surface area contributed by atoms with Crippen LogP contribution in [0, 0.1) is 5.92 Å². The van der Waals surface area contributed by atoms with E-state index in [-0.39, 0.29) is 0 Å². The number of unbranched alkanes of at least 4 members (excludes halogenated alkanes) is 1. The summed E-state index contributed by atoms with van der Waals surface area (Å²) in [5.41, 5.74) is -3.01. The molecule has 0 heterocycles. The number of rotatable bonds is 7. The summed E-state index contributed by atoms with van der Waals surface area (Å²) in [4.78, 5) is 18.1. The van der Waals surface area contributed by atoms with E-state index < -0.39 is 5.69 Å². The number of nitrogens with zero attached hydrogens (tertiary/aromatic N) is 1. The van der Waals surface area contributed by atoms with Crippen LogP contribution in [0.3, 0.4) is 0 Å². The molecule has 2 N–H and O–H groups in total. The van der Waals surface area contributed by atoms with Crippen LogP contribution in [0.5, 0.6) is 0 Å². The van der Waals surface area contributed by atoms with E-state index in [0.717, 1.165) is 28.0 Å². The van der Waals surface area contributed by atoms with Gasteiger partial charge >= 0.3 is 0 Å². The first-order valence-corrected chi connectivity index (χ1v) is 10.8. The Hall–Kier alpha value is 0.880. The van der Waals surface area contributed by atoms with Gasteiger partial charge in [-0.2, -0.15) is 0 Å². The summed E-state index contributed by atoms with van der Waals surface area (Å²) in [7, 11) is 8.50. The van der Waals surface area contributed by atoms with Gasteiger partial charge in [-0.25, -0.2) is 0 Å². The second kappa shape index (κ2) is 10.6. The molecule has 0 aromatic rings. The van der Waals surface area contributed by atoms with Crippen molar-refractivity contribution in [2.45, 2.75) is 39.5 Å². The highest BCUT2D eigenvalue weighted by Gasteiger charge is 2.12. The molecule has 0 fully saturated rings. The van der Waals surface area contributed by atoms with Crippen LogP contribution in [-0.4, -0.2) is 48.2 Å². The van der Waals surface area contributed by atoms with E-state index in [2.05, 4.69) is 53.8 Å². The first-order valence-electron chi connectivity index (χ1n) is 6.48. The molecule has 0 aromatic heterocycles. The average molecular weight is 316 g/mol. The fourth-order valence-electron chi connectivity index (χ4n) is 1.10. The van der Waals surface area contributed by atoms with Crippen molar-refractivity contribution in [2.24, 2.45) is 5.92 Å². The first-order chi connectivity index (χ1) is 7.99. The highest BCUT2D eigenvalue weighted by Crippen LogP contribution is 2.51. The Balaban J connectivity index is 0. The van der Waals surface area contributed by atoms with Gasteiger partial charge in [-0.15, -0.1) is 0 Å². The lowest BCUT2D eigenvalue weighted by atomic mass is 10.0. The molecule has 0 radical (unpaired) electrons. The SMILES string of the molecule is CCCCC(CC)CSP(O)(O)=S.C[N+](C)(C)C. The van der Waals surface area contributed by atoms with Gasteiger partial charge in [-0.05, 0) is 24.1 Å². The number of hydrogen-bond donors (Lipinski definition) is 2. The molecular formula is C12H31NO2PS2+. The fraction of sp³-hybridized carbons (Fsp3) is 1.00. The summed E-state index contributed by atoms with van der Waals surface area (Å²) < 4.78 is 1.00. The third-order valence-electron chi connectivity index (χ3n) is 2.02. The van der Waals surface area contributed by atoms with Crippen molar-refractivity contribution >= 4 is 28.9 Å². The van der Waals surface area contributed by atoms with Crippen LogP contribution in [-0.2, 0) is 11.8 Å². The lowest BCUT2D eigenvalue weighted by molar-refractivity contribution is -0.849. The Morgan fingerprint density at radius 3 is 1.89 bits per heavy atom. The van der Waals surface area contributed by atoms with Crippen LogP contribution in [0.25, 0.3) is 0 Å². The van der Waals surface area contributed by atoms with Gasteiger partial charge in [-0.1, -0.05) is 44.5 Å². The molecule has 0 aromatic carbocycles. The lowest BCUT2D eigenvalue weighted by Gasteiger charge is -2.15. The molecule has 6 heteroatoms. The van der Waals surface area contributed by atoms with Crippen LogP contribution in [0.1, 0.15) is 39.5 Å². The van der Waals surface area contributed by atoms with Crippen molar-refractivity contribution in [1.29, 1.82) is 0 Å². The van der Waals surface area contributed by atoms with Crippen molar-refractivity contribution in [3.8, 4) is 0 Å². The van der Waals surface area contributed by atoms with Crippen LogP contribution >= 0.6 is 17.1 Å². The van der Waals surface area contributed by atoms with Crippen LogP contribution in [0.2, 0.25) is 0 Å². The third kappa shape index (κ3) is 25.7. The van der Waals surface area contributed by atoms with Gasteiger partial charge in [-0.3, -0.25) is 0 Å². The molecule has 112 valence electrons. The normalized spacial score (nSPS) is 13.8. The monoisotopic (exact) mass is 316 g/mol. The standard InChI is InChI=1S/C8H19O2PS2.C4H12N/c1-3-5-6-8(4-2)7-13-11(9,10)12;1-5(2,3)4/h8H,3-7H2,1-2H3,(H2,9,10,12);1-4H3/q;+1. The maximum atomic E-state index is 9.03. The molecule has 0 aliphatic heterocycles. The van der Waals surface area contributed by atoms with Gasteiger partial charge in [0.25, 0.3) is 0 Å². The second-order valence-electron chi connectivity index (χ2n) is 5.89. The zero-order valence-corrected chi connectivity index (χ0v) is 15.2. The average Bonchev–Trinajstić information content (AvgIpc) is 2.14. The van der Waals surface area contributed by atoms with E-state index in [1.54, 1.807) is 0 Å². The minimum atomic E-state index is -3.01. The van der Waals surface area contributed by atoms with Gasteiger partial charge in [0, 0.05) is 5.75 Å². The Morgan fingerprint density at radius 2 is 1.61 bits per heavy atom. The van der Waals surface area contributed by atoms with Gasteiger partial charge in [0.2, 0.25) is 5.69 Å². The molecule has 0 amide bonds. The summed E-state index contributed by atoms with van der Waals surface area (Å²) in [6.45, 7) is 4.31. The van der Waals surface area contributed by atoms with Gasteiger partial charge in [0.05, 0.1) is 28.2 Å². The van der Waals surface area contributed by atoms with Crippen molar-refractivity contribution in [3.63, 3.8) is 0 Å². The Morgan fingerprint density at radius 1 is 1.17 bits per heavy atom. The third-order valence-corrected chi connectivity index (χ3v) is 5.38. The van der Waals surface area contributed by atoms with Crippen molar-refractivity contribution in [3.05, 3.63) is 0 Å². The van der Waals surface area contributed by atoms with E-state index in [1.807, 2.05) is 0 Å². The second-order valence-corrected chi connectivity index (χ2v) is 12.0. The summed E-state index contributed by atoms with van der Waals surface area (Å²) in [6, 6.07) is 0. The topological polar surface area (TPSA) is 40.5 Å². The zero-order chi connectivity index (χ0) is 14.8. The summed E-state index contributed by atoms with van der Waals surface area (Å²) in [6.07, 6.45) is 4.70. The Kier molecular flexibility index (Phi) is 12.5. The van der Waals surface area contributed by atoms with Crippen molar-refractivity contribution < 1.29 is 14.3 Å². The molecule has 0 bridgehead atoms. The maximum Gasteiger partial charge on any atom is 0.242 e. The van der Waals surface area contributed by atoms with E-state index >= 15 is 0 Å². The first kappa shape index (κ1) is 21.2. The van der Waals surface area contributed by atoms with Crippen LogP contribution in [0.15, 0.2) is 0 Å². The molecule has 0 saturated carbocycles. The molecular weight excluding hydrogens is 285 g/mol. The molecule has 0 spiro atoms. The molecule has 0 rings (SSSR count). The number of hydrogen-bond acceptors (Lipinski definition) is 2. The minimum absolute atomic E-state index is 0.589. The molecule has 1 unspecified atom stereocenters. The summed E-state index contributed by atoms with van der Waals surface area (Å²) >= 11 is 5.70. The summed E-state index contributed by atoms with van der Waals surface area (Å²) in [5, 5.41) is 0. The lowest BCUT2D eigenvalue weighted by Crippen LogP contribution is -2.27. The Labute approximate surface area is 122 Å². The molecule has 1 atom stereocenters. The van der Waals surface area contributed by atoms with E-state index in [9.17, 15) is 0 Å². The summed E-state index contributed by atoms with van der Waals surface area (Å²) in [5.74, 6) is 1.38. The van der Waals surface area contributed by atoms with Crippen molar-refractivity contribution in [1.82, 2.24) is 0 Å². The van der Waals surface area contributed by atoms with E-state index in [0.29, 0.717) is 5.92 Å². The van der Waals surface area contributed by atoms with E-state index in [1.165, 1.54) is 19.3 Å². The van der Waals surface area contributed by atoms with Crippen LogP contribution < -0.4 is 0 Å². The van der Waals surface area contributed by atoms with Crippen molar-refractivity contribution in [2.75, 3.05) is 33.9 Å². The van der Waals surface area contributed by atoms with Gasteiger partial charge in [0.1, 0.15) is 0 Å². The smallest absolute Gasteiger partial charge is 0.242 e. The maximum absolute atomic E-state index is 9.03. The Bertz CT molecular complexity index is 233. The molecule has 0 aliphatic rings. The fourth-order valence-corrected chi connectivity index (χ4v) is 3.67. The highest BCUT2D eigenvalue weighted by atomic mass is 32.9. The number of quaternary nitrogens is 1. The minimum Gasteiger partial charge on any atom is -0.338 e. The molecule has 18 heavy (non-hydrogen) atoms. The largest absolute Gasteiger partial charge is 0.338 e. The highest BCUT2D eigenvalue weighted by molar-refractivity contribution is 8.67. The predicted molar refractivity (Wildman–Crippen MR) is 88.4 cm³/mol. The predicted octanol–water partition coefficient (Wildman–Crippen LogP) is 3.47. The quantitative estimate of drug-likeness (QED) is 0.557. The van der Waals surface area contributed by atoms with Gasteiger partial charge < -0.3 is 14.3 Å². The van der Waals surface area contributed by atoms with E-state index in [4.69, 9.17) is 9.79 Å². The molecule has 0 aliphatic carbocycles. The van der Waals surface area contributed by atoms with Gasteiger partial charge in [0.15, 0.2) is 0 Å². The molecule has 3 nitrogen and oxygen atoms in total. The zero-order valence-electron chi connectivity index (χ0n) is 12.7. The molecule has 0 saturated heterocycles.